The SMILES string of the molecule is C.C.C.CCCCC[C@@H](O)/C=C/C=C\C=C\C=C\[C@@H](O)[C@@H](O)CCCC(=O)O.CCCCC[C@@H](O)[C@H](O)/C=C/C=C/C=C\C=C\[C@@H](O)CCCC(=O)O.CCCCC[C@H](O)/C=C/C=C\C=C\C=C\[C@@H](O)[C@@H](O)CCCC(=O)O.CCCCC[C@H](O)[C@H](O)/C=C/C=C/C=C\C=C\[C@@H](O)CCCC(=O)O.[B]B([B])[B]. The lowest BCUT2D eigenvalue weighted by Gasteiger charge is -2.13. The molecule has 24 heteroatoms. The van der Waals surface area contributed by atoms with Crippen LogP contribution in [-0.4, -0.2) is 208 Å². The summed E-state index contributed by atoms with van der Waals surface area (Å²) in [5.41, 5.74) is 0. The Morgan fingerprint density at radius 3 is 0.561 bits per heavy atom. The van der Waals surface area contributed by atoms with Crippen molar-refractivity contribution in [3.05, 3.63) is 194 Å². The highest BCUT2D eigenvalue weighted by molar-refractivity contribution is 7.49. The Morgan fingerprint density at radius 1 is 0.243 bits per heavy atom. The number of aliphatic carboxylic acids is 4. The van der Waals surface area contributed by atoms with Gasteiger partial charge in [-0.05, 0) is 77.0 Å². The Kier molecular flexibility index (Phi) is 96.1. The van der Waals surface area contributed by atoms with Gasteiger partial charge in [0.05, 0.1) is 73.2 Å². The highest BCUT2D eigenvalue weighted by Crippen LogP contribution is 2.13. The van der Waals surface area contributed by atoms with Crippen molar-refractivity contribution in [1.29, 1.82) is 0 Å². The van der Waals surface area contributed by atoms with Gasteiger partial charge in [-0.25, -0.2) is 0 Å². The Bertz CT molecular complexity index is 2380. The molecule has 0 fully saturated rings. The molecule has 20 nitrogen and oxygen atoms in total. The number of unbranched alkanes of at least 4 members (excludes halogenated alkanes) is 8. The molecule has 604 valence electrons. The molecule has 0 bridgehead atoms. The zero-order valence-corrected chi connectivity index (χ0v) is 62.3. The lowest BCUT2D eigenvalue weighted by Crippen LogP contribution is -2.23. The zero-order valence-electron chi connectivity index (χ0n) is 62.3. The van der Waals surface area contributed by atoms with Gasteiger partial charge in [-0.15, -0.1) is 0 Å². The summed E-state index contributed by atoms with van der Waals surface area (Å²) in [6.45, 7) is 8.45. The average molecular weight is 1500 g/mol. The van der Waals surface area contributed by atoms with Crippen LogP contribution in [0.25, 0.3) is 0 Å². The number of allylic oxidation sites excluding steroid dienone is 24. The molecule has 0 aromatic carbocycles. The predicted molar refractivity (Wildman–Crippen MR) is 444 cm³/mol. The molecule has 0 saturated carbocycles. The van der Waals surface area contributed by atoms with E-state index in [1.807, 2.05) is 12.2 Å². The molecule has 0 saturated heterocycles. The minimum Gasteiger partial charge on any atom is -0.481 e. The Balaban J connectivity index is -0.000000198. The number of carboxylic acids is 4. The number of hydrogen-bond acceptors (Lipinski definition) is 16. The summed E-state index contributed by atoms with van der Waals surface area (Å²) in [5.74, 6) is -3.52. The van der Waals surface area contributed by atoms with E-state index in [-0.39, 0.29) is 60.8 Å². The first-order valence-electron chi connectivity index (χ1n) is 36.7. The maximum absolute atomic E-state index is 10.4. The summed E-state index contributed by atoms with van der Waals surface area (Å²) in [6, 6.07) is 0. The highest BCUT2D eigenvalue weighted by atomic mass is 16.4. The standard InChI is InChI=1S/4C20H32O5.3CH4.B4/c2*1-2-3-8-14-18(22)19(23)15-10-7-5-4-6-9-12-17(21)13-11-16-20(24)25;2*1-2-3-8-12-17(21)13-9-6-4-5-7-10-14-18(22)19(23)15-11-16-20(24)25;;;;1-4(2)3/h2*4-7,9-10,12,15,17-19,21-23H,2-3,8,11,13-14,16H2,1H3,(H,24,25);2*4-7,9-10,13-14,17-19,21-23H,2-3,8,11-12,15-16H2,1H3,(H,24,25);3*1H4;/b2*6-4-,7-5+,12-9+,15-10+;2*6-4-,7-5+,13-9+,14-10+;;;;/t17-,18+,19-;17-,18-,19-;17-,18+,19-;17-,18-,19+;;;;/m1101..../s1. The van der Waals surface area contributed by atoms with Crippen molar-refractivity contribution in [2.75, 3.05) is 0 Å². The first-order valence-corrected chi connectivity index (χ1v) is 36.7. The average Bonchev–Trinajstić information content (AvgIpc) is 1.04. The molecule has 0 aliphatic carbocycles. The largest absolute Gasteiger partial charge is 0.481 e. The highest BCUT2D eigenvalue weighted by Gasteiger charge is 2.16. The fourth-order valence-corrected chi connectivity index (χ4v) is 8.35. The van der Waals surface area contributed by atoms with E-state index in [9.17, 15) is 80.5 Å². The molecule has 0 aliphatic rings. The van der Waals surface area contributed by atoms with Gasteiger partial charge in [0.2, 0.25) is 0 Å². The second kappa shape index (κ2) is 88.4. The molecular weight excluding hydrogens is 1360 g/mol. The van der Waals surface area contributed by atoms with Crippen LogP contribution in [0.3, 0.4) is 0 Å². The van der Waals surface area contributed by atoms with Crippen molar-refractivity contribution in [3.8, 4) is 0 Å². The molecule has 16 N–H and O–H groups in total. The van der Waals surface area contributed by atoms with E-state index < -0.39 is 104 Å². The first kappa shape index (κ1) is 116. The van der Waals surface area contributed by atoms with Gasteiger partial charge in [0, 0.05) is 55.3 Å². The van der Waals surface area contributed by atoms with Gasteiger partial charge in [-0.1, -0.05) is 321 Å². The van der Waals surface area contributed by atoms with Crippen molar-refractivity contribution < 1.29 is 101 Å². The third kappa shape index (κ3) is 99.5. The fourth-order valence-electron chi connectivity index (χ4n) is 8.35. The van der Waals surface area contributed by atoms with Gasteiger partial charge in [-0.3, -0.25) is 19.2 Å². The van der Waals surface area contributed by atoms with Crippen LogP contribution in [-0.2, 0) is 19.2 Å². The van der Waals surface area contributed by atoms with Crippen LogP contribution < -0.4 is 0 Å². The number of aliphatic hydroxyl groups is 12. The number of carbonyl (C=O) groups is 4. The van der Waals surface area contributed by atoms with E-state index in [2.05, 4.69) is 50.9 Å². The van der Waals surface area contributed by atoms with Crippen LogP contribution in [0, 0.1) is 0 Å². The molecule has 107 heavy (non-hydrogen) atoms. The normalized spacial score (nSPS) is 15.5. The van der Waals surface area contributed by atoms with E-state index in [1.54, 1.807) is 170 Å². The Hall–Kier alpha value is -6.50. The molecule has 0 aromatic heterocycles. The topological polar surface area (TPSA) is 392 Å². The van der Waals surface area contributed by atoms with Gasteiger partial charge in [-0.2, -0.15) is 0 Å². The second-order valence-corrected chi connectivity index (χ2v) is 24.4. The summed E-state index contributed by atoms with van der Waals surface area (Å²) in [7, 11) is 14.0. The first-order chi connectivity index (χ1) is 49.6. The van der Waals surface area contributed by atoms with Gasteiger partial charge in [0.15, 0.2) is 0 Å². The number of rotatable bonds is 56. The quantitative estimate of drug-likeness (QED) is 0.0153. The smallest absolute Gasteiger partial charge is 0.303 e. The lowest BCUT2D eigenvalue weighted by atomic mass is 9.08. The summed E-state index contributed by atoms with van der Waals surface area (Å²) < 4.78 is 0. The van der Waals surface area contributed by atoms with Crippen molar-refractivity contribution in [3.63, 3.8) is 0 Å². The maximum Gasteiger partial charge on any atom is 0.303 e. The molecule has 0 unspecified atom stereocenters. The summed E-state index contributed by atoms with van der Waals surface area (Å²) in [4.78, 5) is 41.4. The van der Waals surface area contributed by atoms with Crippen molar-refractivity contribution in [2.24, 2.45) is 0 Å². The van der Waals surface area contributed by atoms with Gasteiger partial charge < -0.3 is 81.7 Å². The zero-order chi connectivity index (χ0) is 79.2. The molecule has 0 spiro atoms. The minimum atomic E-state index is -1.01. The van der Waals surface area contributed by atoms with Crippen LogP contribution in [0.4, 0.5) is 0 Å². The molecule has 0 heterocycles. The molecule has 6 radical (unpaired) electrons. The third-order valence-corrected chi connectivity index (χ3v) is 14.3. The molecule has 12 atom stereocenters. The van der Waals surface area contributed by atoms with Crippen LogP contribution in [0.5, 0.6) is 0 Å². The van der Waals surface area contributed by atoms with Crippen molar-refractivity contribution in [1.82, 2.24) is 0 Å². The second-order valence-electron chi connectivity index (χ2n) is 24.4. The van der Waals surface area contributed by atoms with Crippen LogP contribution in [0.2, 0.25) is 0 Å². The maximum atomic E-state index is 10.4. The summed E-state index contributed by atoms with van der Waals surface area (Å²) in [6.07, 6.45) is 63.3. The van der Waals surface area contributed by atoms with Gasteiger partial charge in [0.25, 0.3) is 0 Å². The number of carboxylic acid groups (broad SMARTS) is 4. The van der Waals surface area contributed by atoms with E-state index in [0.717, 1.165) is 89.9 Å². The fraction of sp³-hybridized carbons (Fsp3) is 0.566. The van der Waals surface area contributed by atoms with Crippen LogP contribution in [0.1, 0.15) is 230 Å². The van der Waals surface area contributed by atoms with Gasteiger partial charge >= 0.3 is 23.9 Å². The minimum absolute atomic E-state index is 0. The van der Waals surface area contributed by atoms with E-state index >= 15 is 0 Å². The van der Waals surface area contributed by atoms with Crippen molar-refractivity contribution in [2.45, 2.75) is 303 Å². The Morgan fingerprint density at radius 2 is 0.383 bits per heavy atom. The predicted octanol–water partition coefficient (Wildman–Crippen LogP) is 12.9. The molecule has 0 rings (SSSR count). The van der Waals surface area contributed by atoms with Crippen LogP contribution >= 0.6 is 0 Å². The van der Waals surface area contributed by atoms with Crippen LogP contribution in [0.15, 0.2) is 194 Å². The molecule has 0 aromatic rings. The summed E-state index contributed by atoms with van der Waals surface area (Å²) in [5, 5.41) is 150. The molecular formula is C83H140B4O20. The molecule has 0 aliphatic heterocycles. The van der Waals surface area contributed by atoms with E-state index in [1.165, 1.54) is 12.2 Å². The van der Waals surface area contributed by atoms with Crippen molar-refractivity contribution >= 4 is 53.5 Å². The van der Waals surface area contributed by atoms with E-state index in [0.29, 0.717) is 51.4 Å². The number of aliphatic hydroxyl groups excluding tert-OH is 12. The number of hydrogen-bond donors (Lipinski definition) is 16. The lowest BCUT2D eigenvalue weighted by molar-refractivity contribution is -0.138. The third-order valence-electron chi connectivity index (χ3n) is 14.3. The van der Waals surface area contributed by atoms with E-state index in [4.69, 9.17) is 20.4 Å². The molecule has 0 amide bonds. The summed E-state index contributed by atoms with van der Waals surface area (Å²) >= 11 is 0. The monoisotopic (exact) mass is 1500 g/mol. The van der Waals surface area contributed by atoms with Gasteiger partial charge in [0.1, 0.15) is 0 Å². The Labute approximate surface area is 648 Å².